The molecule has 9 rings (SSSR count). The number of aromatic nitrogens is 1. The number of benzene rings is 6. The third-order valence-electron chi connectivity index (χ3n) is 10.9. The highest BCUT2D eigenvalue weighted by Gasteiger charge is 2.40. The zero-order chi connectivity index (χ0) is 33.1. The zero-order valence-electron chi connectivity index (χ0n) is 28.4. The van der Waals surface area contributed by atoms with Crippen molar-refractivity contribution in [3.05, 3.63) is 162 Å². The molecule has 0 saturated heterocycles. The highest BCUT2D eigenvalue weighted by Crippen LogP contribution is 2.54. The molecule has 0 aliphatic heterocycles. The van der Waals surface area contributed by atoms with Crippen LogP contribution in [0.5, 0.6) is 5.75 Å². The molecular weight excluding hydrogens is 597 g/mol. The fourth-order valence-corrected chi connectivity index (χ4v) is 8.51. The SMILES string of the molecule is COc1ccc(N(c2ccc(-c3ccc4c(c3)c3c(n4-c4ccccc4)-c4ccccc4C3(C)C)cc2)c2cccc3c2CCCC3)cc1. The lowest BCUT2D eigenvalue weighted by atomic mass is 9.81. The molecule has 0 radical (unpaired) electrons. The summed E-state index contributed by atoms with van der Waals surface area (Å²) in [6, 6.07) is 51.2. The van der Waals surface area contributed by atoms with Crippen molar-refractivity contribution in [2.75, 3.05) is 12.0 Å². The summed E-state index contributed by atoms with van der Waals surface area (Å²) in [6.45, 7) is 4.76. The number of nitrogens with zero attached hydrogens (tertiary/aromatic N) is 2. The van der Waals surface area contributed by atoms with Gasteiger partial charge in [0.05, 0.1) is 18.3 Å². The molecule has 0 unspecified atom stereocenters. The quantitative estimate of drug-likeness (QED) is 0.181. The minimum absolute atomic E-state index is 0.111. The molecule has 0 bridgehead atoms. The van der Waals surface area contributed by atoms with Crippen LogP contribution in [0.25, 0.3) is 39.0 Å². The standard InChI is InChI=1S/C46H40N2O/c1-46(2)41-18-10-9-17-39(41)45-44(46)40-30-33(22-29-43(40)48(45)34-14-5-4-6-15-34)31-20-23-35(24-21-31)47(36-25-27-37(49-3)28-26-36)42-19-11-13-32-12-7-8-16-38(32)42/h4-6,9-11,13-15,17-30H,7-8,12,16H2,1-3H3. The van der Waals surface area contributed by atoms with Crippen LogP contribution < -0.4 is 9.64 Å². The van der Waals surface area contributed by atoms with Crippen molar-refractivity contribution in [1.82, 2.24) is 4.57 Å². The van der Waals surface area contributed by atoms with Gasteiger partial charge in [-0.25, -0.2) is 0 Å². The van der Waals surface area contributed by atoms with Gasteiger partial charge in [-0.05, 0) is 126 Å². The van der Waals surface area contributed by atoms with E-state index in [1.54, 1.807) is 7.11 Å². The smallest absolute Gasteiger partial charge is 0.119 e. The van der Waals surface area contributed by atoms with E-state index in [9.17, 15) is 0 Å². The number of methoxy groups -OCH3 is 1. The van der Waals surface area contributed by atoms with Crippen molar-refractivity contribution in [1.29, 1.82) is 0 Å². The normalized spacial score (nSPS) is 14.3. The van der Waals surface area contributed by atoms with Gasteiger partial charge in [0.15, 0.2) is 0 Å². The lowest BCUT2D eigenvalue weighted by Gasteiger charge is -2.30. The lowest BCUT2D eigenvalue weighted by Crippen LogP contribution is -2.15. The number of ether oxygens (including phenoxy) is 1. The Morgan fingerprint density at radius 3 is 2.12 bits per heavy atom. The molecule has 1 heterocycles. The maximum absolute atomic E-state index is 5.51. The monoisotopic (exact) mass is 636 g/mol. The van der Waals surface area contributed by atoms with E-state index >= 15 is 0 Å². The molecule has 0 N–H and O–H groups in total. The fraction of sp³-hybridized carbons (Fsp3) is 0.174. The van der Waals surface area contributed by atoms with E-state index in [0.717, 1.165) is 30.0 Å². The minimum atomic E-state index is -0.111. The van der Waals surface area contributed by atoms with Crippen LogP contribution in [0.3, 0.4) is 0 Å². The Bertz CT molecular complexity index is 2330. The molecular formula is C46H40N2O. The van der Waals surface area contributed by atoms with Gasteiger partial charge in [0.25, 0.3) is 0 Å². The Kier molecular flexibility index (Phi) is 6.98. The summed E-state index contributed by atoms with van der Waals surface area (Å²) < 4.78 is 7.98. The van der Waals surface area contributed by atoms with E-state index in [4.69, 9.17) is 4.74 Å². The van der Waals surface area contributed by atoms with Crippen LogP contribution in [-0.2, 0) is 18.3 Å². The Morgan fingerprint density at radius 1 is 0.653 bits per heavy atom. The average molecular weight is 637 g/mol. The number of hydrogen-bond donors (Lipinski definition) is 0. The van der Waals surface area contributed by atoms with Crippen molar-refractivity contribution < 1.29 is 4.74 Å². The predicted molar refractivity (Wildman–Crippen MR) is 204 cm³/mol. The van der Waals surface area contributed by atoms with Gasteiger partial charge in [0, 0.05) is 39.1 Å². The van der Waals surface area contributed by atoms with Crippen LogP contribution in [-0.4, -0.2) is 11.7 Å². The average Bonchev–Trinajstić information content (AvgIpc) is 3.62. The first kappa shape index (κ1) is 29.6. The Hall–Kier alpha value is -5.54. The second-order valence-corrected chi connectivity index (χ2v) is 14.0. The molecule has 6 aromatic carbocycles. The summed E-state index contributed by atoms with van der Waals surface area (Å²) in [7, 11) is 1.72. The molecule has 0 fully saturated rings. The first-order chi connectivity index (χ1) is 24.0. The molecule has 7 aromatic rings. The van der Waals surface area contributed by atoms with Crippen LogP contribution >= 0.6 is 0 Å². The molecule has 0 atom stereocenters. The van der Waals surface area contributed by atoms with Crippen LogP contribution in [0.4, 0.5) is 17.1 Å². The largest absolute Gasteiger partial charge is 0.497 e. The Labute approximate surface area is 289 Å². The van der Waals surface area contributed by atoms with Gasteiger partial charge in [-0.15, -0.1) is 0 Å². The molecule has 0 saturated carbocycles. The number of aryl methyl sites for hydroxylation is 1. The third kappa shape index (κ3) is 4.71. The van der Waals surface area contributed by atoms with Gasteiger partial charge in [0.1, 0.15) is 5.75 Å². The van der Waals surface area contributed by atoms with E-state index in [-0.39, 0.29) is 5.41 Å². The van der Waals surface area contributed by atoms with Crippen molar-refractivity contribution in [3.63, 3.8) is 0 Å². The van der Waals surface area contributed by atoms with E-state index in [2.05, 4.69) is 163 Å². The van der Waals surface area contributed by atoms with Gasteiger partial charge in [0.2, 0.25) is 0 Å². The number of hydrogen-bond acceptors (Lipinski definition) is 2. The van der Waals surface area contributed by atoms with Gasteiger partial charge in [-0.3, -0.25) is 0 Å². The van der Waals surface area contributed by atoms with Crippen LogP contribution in [0, 0.1) is 0 Å². The number of fused-ring (bicyclic) bond motifs is 6. The predicted octanol–water partition coefficient (Wildman–Crippen LogP) is 12.0. The summed E-state index contributed by atoms with van der Waals surface area (Å²) in [5, 5.41) is 1.32. The first-order valence-corrected chi connectivity index (χ1v) is 17.5. The minimum Gasteiger partial charge on any atom is -0.497 e. The Balaban J connectivity index is 1.17. The van der Waals surface area contributed by atoms with E-state index < -0.39 is 0 Å². The number of rotatable bonds is 6. The number of para-hydroxylation sites is 1. The summed E-state index contributed by atoms with van der Waals surface area (Å²) in [5.41, 5.74) is 16.7. The van der Waals surface area contributed by atoms with Crippen molar-refractivity contribution in [3.8, 4) is 33.8 Å². The molecule has 1 aromatic heterocycles. The lowest BCUT2D eigenvalue weighted by molar-refractivity contribution is 0.415. The molecule has 3 heteroatoms. The number of anilines is 3. The van der Waals surface area contributed by atoms with Gasteiger partial charge in [-0.1, -0.05) is 86.6 Å². The van der Waals surface area contributed by atoms with Gasteiger partial charge in [-0.2, -0.15) is 0 Å². The van der Waals surface area contributed by atoms with Crippen LogP contribution in [0.2, 0.25) is 0 Å². The van der Waals surface area contributed by atoms with Crippen LogP contribution in [0.1, 0.15) is 48.9 Å². The molecule has 2 aliphatic rings. The maximum Gasteiger partial charge on any atom is 0.119 e. The first-order valence-electron chi connectivity index (χ1n) is 17.5. The topological polar surface area (TPSA) is 17.4 Å². The van der Waals surface area contributed by atoms with Crippen LogP contribution in [0.15, 0.2) is 140 Å². The van der Waals surface area contributed by atoms with Gasteiger partial charge < -0.3 is 14.2 Å². The van der Waals surface area contributed by atoms with Gasteiger partial charge >= 0.3 is 0 Å². The molecule has 2 aliphatic carbocycles. The second-order valence-electron chi connectivity index (χ2n) is 14.0. The fourth-order valence-electron chi connectivity index (χ4n) is 8.51. The zero-order valence-corrected chi connectivity index (χ0v) is 28.4. The maximum atomic E-state index is 5.51. The molecule has 0 spiro atoms. The second kappa shape index (κ2) is 11.6. The van der Waals surface area contributed by atoms with Crippen molar-refractivity contribution >= 4 is 28.0 Å². The highest BCUT2D eigenvalue weighted by atomic mass is 16.5. The van der Waals surface area contributed by atoms with Crippen molar-refractivity contribution in [2.24, 2.45) is 0 Å². The van der Waals surface area contributed by atoms with E-state index in [1.165, 1.54) is 79.8 Å². The Morgan fingerprint density at radius 2 is 1.35 bits per heavy atom. The molecule has 240 valence electrons. The summed E-state index contributed by atoms with van der Waals surface area (Å²) >= 11 is 0. The molecule has 3 nitrogen and oxygen atoms in total. The van der Waals surface area contributed by atoms with Crippen molar-refractivity contribution in [2.45, 2.75) is 44.9 Å². The third-order valence-corrected chi connectivity index (χ3v) is 10.9. The summed E-state index contributed by atoms with van der Waals surface area (Å²) in [4.78, 5) is 2.42. The highest BCUT2D eigenvalue weighted by molar-refractivity contribution is 6.01. The summed E-state index contributed by atoms with van der Waals surface area (Å²) in [5.74, 6) is 0.864. The summed E-state index contributed by atoms with van der Waals surface area (Å²) in [6.07, 6.45) is 4.76. The molecule has 0 amide bonds. The molecule has 49 heavy (non-hydrogen) atoms. The van der Waals surface area contributed by atoms with E-state index in [0.29, 0.717) is 0 Å². The van der Waals surface area contributed by atoms with E-state index in [1.807, 2.05) is 0 Å².